The SMILES string of the molecule is COC(=O)N[C@H](C(=O)N1CCC[C@H]1c1ncc(-c2ccc3c(c2F)CCc2cc(-c4ccc5nc([C@@H]6[C@H]7CC[C@H](C7)N6C(=O)[C@H](NC(=O)OC)c6ccc(C7CCC7)cc6)[nH]c5c4)ccc2-3)[nH]1)C(C)C. The Labute approximate surface area is 406 Å². The summed E-state index contributed by atoms with van der Waals surface area (Å²) < 4.78 is 26.4. The zero-order valence-corrected chi connectivity index (χ0v) is 40.0. The first-order valence-electron chi connectivity index (χ1n) is 24.9. The molecule has 2 saturated carbocycles. The molecule has 4 amide bonds. The predicted octanol–water partition coefficient (Wildman–Crippen LogP) is 9.99. The number of benzene rings is 4. The first-order valence-corrected chi connectivity index (χ1v) is 24.9. The fourth-order valence-electron chi connectivity index (χ4n) is 12.0. The van der Waals surface area contributed by atoms with Crippen molar-refractivity contribution in [3.63, 3.8) is 0 Å². The molecule has 5 aliphatic rings. The topological polar surface area (TPSA) is 175 Å². The van der Waals surface area contributed by atoms with E-state index in [0.29, 0.717) is 54.4 Å². The number of imidazole rings is 2. The quantitative estimate of drug-likeness (QED) is 0.0993. The molecule has 0 spiro atoms. The number of likely N-dealkylation sites (tertiary alicyclic amines) is 2. The van der Waals surface area contributed by atoms with Crippen LogP contribution in [0.3, 0.4) is 0 Å². The molecular formula is C55H59FN8O6. The van der Waals surface area contributed by atoms with Crippen molar-refractivity contribution >= 4 is 35.0 Å². The van der Waals surface area contributed by atoms with Crippen LogP contribution in [0.5, 0.6) is 0 Å². The number of halogens is 1. The van der Waals surface area contributed by atoms with Crippen LogP contribution in [-0.2, 0) is 31.9 Å². The molecule has 4 aromatic carbocycles. The van der Waals surface area contributed by atoms with Gasteiger partial charge in [-0.15, -0.1) is 0 Å². The van der Waals surface area contributed by atoms with Crippen LogP contribution in [0.25, 0.3) is 44.5 Å². The Bertz CT molecular complexity index is 3010. The number of amides is 4. The van der Waals surface area contributed by atoms with Gasteiger partial charge in [0.05, 0.1) is 49.2 Å². The molecular weight excluding hydrogens is 888 g/mol. The van der Waals surface area contributed by atoms with E-state index >= 15 is 4.39 Å². The van der Waals surface area contributed by atoms with Gasteiger partial charge in [0.15, 0.2) is 0 Å². The fourth-order valence-corrected chi connectivity index (χ4v) is 12.0. The summed E-state index contributed by atoms with van der Waals surface area (Å²) in [7, 11) is 2.59. The van der Waals surface area contributed by atoms with Gasteiger partial charge in [0, 0.05) is 18.2 Å². The van der Waals surface area contributed by atoms with Gasteiger partial charge >= 0.3 is 12.2 Å². The molecule has 6 atom stereocenters. The summed E-state index contributed by atoms with van der Waals surface area (Å²) in [6.45, 7) is 4.28. The number of fused-ring (bicyclic) bond motifs is 6. The monoisotopic (exact) mass is 946 g/mol. The van der Waals surface area contributed by atoms with Gasteiger partial charge < -0.3 is 39.9 Å². The largest absolute Gasteiger partial charge is 0.453 e. The number of hydrogen-bond acceptors (Lipinski definition) is 8. The Balaban J connectivity index is 0.819. The highest BCUT2D eigenvalue weighted by atomic mass is 19.1. The average molecular weight is 947 g/mol. The van der Waals surface area contributed by atoms with E-state index in [9.17, 15) is 19.2 Å². The Kier molecular flexibility index (Phi) is 11.9. The van der Waals surface area contributed by atoms with Gasteiger partial charge in [0.25, 0.3) is 5.91 Å². The Morgan fingerprint density at radius 1 is 0.771 bits per heavy atom. The van der Waals surface area contributed by atoms with Gasteiger partial charge in [-0.1, -0.05) is 74.9 Å². The lowest BCUT2D eigenvalue weighted by molar-refractivity contribution is -0.138. The van der Waals surface area contributed by atoms with Crippen LogP contribution < -0.4 is 10.6 Å². The van der Waals surface area contributed by atoms with Crippen molar-refractivity contribution in [1.29, 1.82) is 0 Å². The molecule has 6 aromatic rings. The number of carbonyl (C=O) groups excluding carboxylic acids is 4. The highest BCUT2D eigenvalue weighted by molar-refractivity contribution is 5.89. The number of piperidine rings is 1. The minimum Gasteiger partial charge on any atom is -0.453 e. The number of methoxy groups -OCH3 is 2. The standard InChI is InChI=1S/C55H59FN8O6/c1-29(2)47(61-54(67)69-3)52(65)63-24-6-9-45(63)50-57-28-44(60-50)41-22-21-39-38-19-15-33(25-35(38)16-20-40(39)46(41)56)34-17-23-42-43(27-34)59-51(58-42)49-36-14-18-37(26-36)64(49)53(66)48(62-55(68)70-4)32-12-10-31(11-13-32)30-7-5-8-30/h10-13,15,17,19,21-23,25,27-30,36-37,45,47-49H,5-9,14,16,18,20,24,26H2,1-4H3,(H,57,60)(H,58,59)(H,61,67)(H,62,68)/t36-,37+,45-,47-,48+,49-/m0/s1. The van der Waals surface area contributed by atoms with Gasteiger partial charge in [0.1, 0.15) is 29.5 Å². The van der Waals surface area contributed by atoms with Crippen molar-refractivity contribution in [3.05, 3.63) is 119 Å². The van der Waals surface area contributed by atoms with Gasteiger partial charge in [-0.2, -0.15) is 0 Å². The van der Waals surface area contributed by atoms with E-state index in [1.165, 1.54) is 39.0 Å². The lowest BCUT2D eigenvalue weighted by Gasteiger charge is -2.36. The molecule has 4 fully saturated rings. The molecule has 4 heterocycles. The van der Waals surface area contributed by atoms with E-state index in [0.717, 1.165) is 75.9 Å². The van der Waals surface area contributed by atoms with Gasteiger partial charge in [-0.05, 0) is 138 Å². The molecule has 2 saturated heterocycles. The summed E-state index contributed by atoms with van der Waals surface area (Å²) in [6, 6.07) is 22.3. The third-order valence-electron chi connectivity index (χ3n) is 15.9. The Morgan fingerprint density at radius 3 is 2.27 bits per heavy atom. The first-order chi connectivity index (χ1) is 34.0. The van der Waals surface area contributed by atoms with E-state index in [1.807, 2.05) is 43.0 Å². The normalized spacial score (nSPS) is 21.3. The Hall–Kier alpha value is -7.03. The number of hydrogen-bond donors (Lipinski definition) is 4. The van der Waals surface area contributed by atoms with E-state index in [-0.39, 0.29) is 47.6 Å². The second-order valence-electron chi connectivity index (χ2n) is 20.2. The van der Waals surface area contributed by atoms with Crippen LogP contribution in [-0.4, -0.2) is 86.6 Å². The van der Waals surface area contributed by atoms with Crippen molar-refractivity contribution < 1.29 is 33.0 Å². The van der Waals surface area contributed by atoms with E-state index in [4.69, 9.17) is 14.5 Å². The number of nitrogens with one attached hydrogen (secondary N) is 4. The number of aromatic nitrogens is 4. The number of carbonyl (C=O) groups is 4. The zero-order chi connectivity index (χ0) is 48.4. The molecule has 0 radical (unpaired) electrons. The molecule has 2 aromatic heterocycles. The second-order valence-corrected chi connectivity index (χ2v) is 20.2. The average Bonchev–Trinajstić information content (AvgIpc) is 4.23. The fraction of sp³-hybridized carbons (Fsp3) is 0.418. The minimum atomic E-state index is -0.892. The van der Waals surface area contributed by atoms with Crippen molar-refractivity contribution in [1.82, 2.24) is 40.4 Å². The molecule has 70 heavy (non-hydrogen) atoms. The van der Waals surface area contributed by atoms with Crippen LogP contribution in [0.4, 0.5) is 14.0 Å². The van der Waals surface area contributed by atoms with Crippen LogP contribution in [0.1, 0.15) is 123 Å². The summed E-state index contributed by atoms with van der Waals surface area (Å²) in [5.41, 5.74) is 10.4. The highest BCUT2D eigenvalue weighted by Crippen LogP contribution is 2.51. The molecule has 2 aliphatic heterocycles. The van der Waals surface area contributed by atoms with Crippen molar-refractivity contribution in [2.24, 2.45) is 11.8 Å². The summed E-state index contributed by atoms with van der Waals surface area (Å²) in [4.78, 5) is 73.6. The van der Waals surface area contributed by atoms with Gasteiger partial charge in [0.2, 0.25) is 5.91 Å². The summed E-state index contributed by atoms with van der Waals surface area (Å²) >= 11 is 0. The van der Waals surface area contributed by atoms with Gasteiger partial charge in [-0.3, -0.25) is 9.59 Å². The number of aryl methyl sites for hydroxylation is 1. The molecule has 2 bridgehead atoms. The summed E-state index contributed by atoms with van der Waals surface area (Å²) in [6.07, 6.45) is 9.40. The molecule has 362 valence electrons. The molecule has 15 heteroatoms. The van der Waals surface area contributed by atoms with Crippen LogP contribution in [0, 0.1) is 17.7 Å². The van der Waals surface area contributed by atoms with E-state index in [1.54, 1.807) is 17.2 Å². The maximum Gasteiger partial charge on any atom is 0.407 e. The van der Waals surface area contributed by atoms with Crippen LogP contribution in [0.15, 0.2) is 79.0 Å². The number of H-pyrrole nitrogens is 2. The number of alkyl carbamates (subject to hydrolysis) is 2. The maximum atomic E-state index is 16.6. The molecule has 0 unspecified atom stereocenters. The van der Waals surface area contributed by atoms with Crippen molar-refractivity contribution in [3.8, 4) is 33.5 Å². The Morgan fingerprint density at radius 2 is 1.51 bits per heavy atom. The van der Waals surface area contributed by atoms with E-state index in [2.05, 4.69) is 68.1 Å². The highest BCUT2D eigenvalue weighted by Gasteiger charge is 2.51. The molecule has 14 nitrogen and oxygen atoms in total. The van der Waals surface area contributed by atoms with Gasteiger partial charge in [-0.25, -0.2) is 23.9 Å². The first kappa shape index (κ1) is 45.4. The number of aromatic amines is 2. The zero-order valence-electron chi connectivity index (χ0n) is 40.0. The minimum absolute atomic E-state index is 0.0518. The van der Waals surface area contributed by atoms with Crippen LogP contribution >= 0.6 is 0 Å². The number of nitrogens with zero attached hydrogens (tertiary/aromatic N) is 4. The van der Waals surface area contributed by atoms with E-state index < -0.39 is 24.3 Å². The van der Waals surface area contributed by atoms with Crippen molar-refractivity contribution in [2.75, 3.05) is 20.8 Å². The third-order valence-corrected chi connectivity index (χ3v) is 15.9. The van der Waals surface area contributed by atoms with Crippen LogP contribution in [0.2, 0.25) is 0 Å². The number of ether oxygens (including phenoxy) is 2. The lowest BCUT2D eigenvalue weighted by Crippen LogP contribution is -2.51. The predicted molar refractivity (Wildman–Crippen MR) is 262 cm³/mol. The molecule has 3 aliphatic carbocycles. The smallest absolute Gasteiger partial charge is 0.407 e. The maximum absolute atomic E-state index is 16.6. The third kappa shape index (κ3) is 8.06. The van der Waals surface area contributed by atoms with Crippen molar-refractivity contribution in [2.45, 2.75) is 114 Å². The molecule has 4 N–H and O–H groups in total. The molecule has 11 rings (SSSR count). The second kappa shape index (κ2) is 18.4. The number of rotatable bonds is 11. The summed E-state index contributed by atoms with van der Waals surface area (Å²) in [5, 5.41) is 5.54. The summed E-state index contributed by atoms with van der Waals surface area (Å²) in [5.74, 6) is 1.34. The lowest BCUT2D eigenvalue weighted by atomic mass is 9.80.